The topological polar surface area (TPSA) is 71.1 Å². The maximum absolute atomic E-state index is 14.8. The van der Waals surface area contributed by atoms with Crippen molar-refractivity contribution >= 4 is 24.1 Å². The first-order chi connectivity index (χ1) is 15.6. The second-order valence-corrected chi connectivity index (χ2v) is 7.13. The number of halogens is 1. The lowest BCUT2D eigenvalue weighted by atomic mass is 10.1. The highest BCUT2D eigenvalue weighted by Crippen LogP contribution is 2.28. The Bertz CT molecular complexity index is 928. The summed E-state index contributed by atoms with van der Waals surface area (Å²) in [4.78, 5) is 24.3. The van der Waals surface area contributed by atoms with E-state index < -0.39 is 36.4 Å². The van der Waals surface area contributed by atoms with Crippen molar-refractivity contribution in [1.29, 1.82) is 0 Å². The summed E-state index contributed by atoms with van der Waals surface area (Å²) in [7, 11) is 1.42. The first-order valence-corrected chi connectivity index (χ1v) is 10.2. The van der Waals surface area contributed by atoms with Gasteiger partial charge in [0.25, 0.3) is 0 Å². The molecule has 0 N–H and O–H groups in total. The van der Waals surface area contributed by atoms with E-state index in [2.05, 4.69) is 0 Å². The van der Waals surface area contributed by atoms with Crippen molar-refractivity contribution < 1.29 is 32.9 Å². The molecular formula is C25H25FO6. The SMILES string of the molecule is COCC1O[C@H](COC(=O)/C=C/c2ccccc2)[C@@H](OC(=O)/C=C/c2ccccc2)[C@@H]1F. The summed E-state index contributed by atoms with van der Waals surface area (Å²) in [6, 6.07) is 18.4. The third-order valence-corrected chi connectivity index (χ3v) is 4.78. The molecule has 6 nitrogen and oxygen atoms in total. The Labute approximate surface area is 186 Å². The maximum atomic E-state index is 14.8. The highest BCUT2D eigenvalue weighted by atomic mass is 19.1. The molecule has 1 aliphatic rings. The van der Waals surface area contributed by atoms with E-state index in [9.17, 15) is 14.0 Å². The first-order valence-electron chi connectivity index (χ1n) is 10.2. The van der Waals surface area contributed by atoms with Gasteiger partial charge in [-0.25, -0.2) is 14.0 Å². The Morgan fingerprint density at radius 3 is 2.00 bits per heavy atom. The number of hydrogen-bond acceptors (Lipinski definition) is 6. The van der Waals surface area contributed by atoms with Crippen LogP contribution in [0.2, 0.25) is 0 Å². The Morgan fingerprint density at radius 1 is 0.875 bits per heavy atom. The molecule has 1 heterocycles. The van der Waals surface area contributed by atoms with Crippen LogP contribution < -0.4 is 0 Å². The molecule has 0 aromatic heterocycles. The normalized spacial score (nSPS) is 22.9. The molecule has 0 aliphatic carbocycles. The minimum atomic E-state index is -1.62. The van der Waals surface area contributed by atoms with Gasteiger partial charge in [-0.2, -0.15) is 0 Å². The number of carbonyl (C=O) groups is 2. The third kappa shape index (κ3) is 6.87. The Balaban J connectivity index is 1.59. The predicted octanol–water partition coefficient (Wildman–Crippen LogP) is 3.62. The van der Waals surface area contributed by atoms with Crippen LogP contribution in [0.3, 0.4) is 0 Å². The monoisotopic (exact) mass is 440 g/mol. The van der Waals surface area contributed by atoms with Crippen molar-refractivity contribution in [2.75, 3.05) is 20.3 Å². The van der Waals surface area contributed by atoms with Gasteiger partial charge in [-0.1, -0.05) is 60.7 Å². The van der Waals surface area contributed by atoms with Gasteiger partial charge in [0.15, 0.2) is 12.3 Å². The number of carbonyl (C=O) groups excluding carboxylic acids is 2. The quantitative estimate of drug-likeness (QED) is 0.438. The van der Waals surface area contributed by atoms with Crippen LogP contribution in [0.1, 0.15) is 11.1 Å². The van der Waals surface area contributed by atoms with Crippen molar-refractivity contribution in [3.63, 3.8) is 0 Å². The number of methoxy groups -OCH3 is 1. The number of esters is 2. The molecule has 0 spiro atoms. The summed E-state index contributed by atoms with van der Waals surface area (Å²) in [5.74, 6) is -1.33. The Morgan fingerprint density at radius 2 is 1.44 bits per heavy atom. The van der Waals surface area contributed by atoms with Crippen molar-refractivity contribution in [2.24, 2.45) is 0 Å². The summed E-state index contributed by atoms with van der Waals surface area (Å²) in [5.41, 5.74) is 1.64. The van der Waals surface area contributed by atoms with Crippen molar-refractivity contribution in [2.45, 2.75) is 24.5 Å². The van der Waals surface area contributed by atoms with E-state index in [4.69, 9.17) is 18.9 Å². The molecule has 1 fully saturated rings. The van der Waals surface area contributed by atoms with E-state index in [1.165, 1.54) is 19.3 Å². The predicted molar refractivity (Wildman–Crippen MR) is 117 cm³/mol. The molecule has 0 saturated carbocycles. The fourth-order valence-electron chi connectivity index (χ4n) is 3.21. The molecule has 3 rings (SSSR count). The zero-order valence-electron chi connectivity index (χ0n) is 17.6. The number of ether oxygens (including phenoxy) is 4. The van der Waals surface area contributed by atoms with Crippen LogP contribution in [0.15, 0.2) is 72.8 Å². The number of hydrogen-bond donors (Lipinski definition) is 0. The third-order valence-electron chi connectivity index (χ3n) is 4.78. The molecule has 0 radical (unpaired) electrons. The molecule has 168 valence electrons. The van der Waals surface area contributed by atoms with Gasteiger partial charge >= 0.3 is 11.9 Å². The fourth-order valence-corrected chi connectivity index (χ4v) is 3.21. The number of rotatable bonds is 9. The van der Waals surface area contributed by atoms with Gasteiger partial charge in [0, 0.05) is 19.3 Å². The summed E-state index contributed by atoms with van der Waals surface area (Å²) >= 11 is 0. The van der Waals surface area contributed by atoms with Crippen LogP contribution in [0, 0.1) is 0 Å². The summed E-state index contributed by atoms with van der Waals surface area (Å²) in [6.45, 7) is -0.285. The molecule has 1 unspecified atom stereocenters. The van der Waals surface area contributed by atoms with Crippen LogP contribution >= 0.6 is 0 Å². The van der Waals surface area contributed by atoms with Crippen LogP contribution in [-0.2, 0) is 28.5 Å². The van der Waals surface area contributed by atoms with Gasteiger partial charge in [-0.05, 0) is 23.3 Å². The van der Waals surface area contributed by atoms with E-state index in [0.29, 0.717) is 0 Å². The largest absolute Gasteiger partial charge is 0.460 e. The van der Waals surface area contributed by atoms with E-state index in [-0.39, 0.29) is 13.2 Å². The van der Waals surface area contributed by atoms with E-state index in [1.54, 1.807) is 12.2 Å². The van der Waals surface area contributed by atoms with Crippen molar-refractivity contribution in [1.82, 2.24) is 0 Å². The van der Waals surface area contributed by atoms with E-state index >= 15 is 0 Å². The highest BCUT2D eigenvalue weighted by molar-refractivity contribution is 5.87. The molecule has 0 amide bonds. The van der Waals surface area contributed by atoms with E-state index in [0.717, 1.165) is 11.1 Å². The second-order valence-electron chi connectivity index (χ2n) is 7.13. The standard InChI is InChI=1S/C25H25FO6/c1-29-16-20-24(26)25(32-23(28)15-13-19-10-6-3-7-11-19)21(31-20)17-30-22(27)14-12-18-8-4-2-5-9-18/h2-15,20-21,24-25H,16-17H2,1H3/b14-12+,15-13+/t20?,21-,24-,25-/m1/s1. The molecule has 2 aromatic carbocycles. The van der Waals surface area contributed by atoms with Gasteiger partial charge in [0.1, 0.15) is 18.8 Å². The van der Waals surface area contributed by atoms with Crippen molar-refractivity contribution in [3.8, 4) is 0 Å². The van der Waals surface area contributed by atoms with Crippen LogP contribution in [0.4, 0.5) is 4.39 Å². The van der Waals surface area contributed by atoms with Gasteiger partial charge in [0.2, 0.25) is 0 Å². The highest BCUT2D eigenvalue weighted by Gasteiger charge is 2.48. The van der Waals surface area contributed by atoms with Gasteiger partial charge in [-0.15, -0.1) is 0 Å². The lowest BCUT2D eigenvalue weighted by Crippen LogP contribution is -2.37. The molecule has 1 saturated heterocycles. The lowest BCUT2D eigenvalue weighted by molar-refractivity contribution is -0.152. The number of alkyl halides is 1. The Kier molecular flexibility index (Phi) is 8.71. The average Bonchev–Trinajstić information content (AvgIpc) is 3.11. The minimum absolute atomic E-state index is 0.0204. The zero-order valence-corrected chi connectivity index (χ0v) is 17.6. The fraction of sp³-hybridized carbons (Fsp3) is 0.280. The van der Waals surface area contributed by atoms with Crippen LogP contribution in [0.5, 0.6) is 0 Å². The Hall–Kier alpha value is -3.29. The van der Waals surface area contributed by atoms with Crippen LogP contribution in [-0.4, -0.2) is 56.7 Å². The maximum Gasteiger partial charge on any atom is 0.331 e. The lowest BCUT2D eigenvalue weighted by Gasteiger charge is -2.18. The summed E-state index contributed by atoms with van der Waals surface area (Å²) in [5, 5.41) is 0. The molecule has 7 heteroatoms. The molecular weight excluding hydrogens is 415 g/mol. The van der Waals surface area contributed by atoms with E-state index in [1.807, 2.05) is 60.7 Å². The molecule has 32 heavy (non-hydrogen) atoms. The summed E-state index contributed by atoms with van der Waals surface area (Å²) < 4.78 is 35.9. The first kappa shape index (κ1) is 23.4. The molecule has 1 aliphatic heterocycles. The molecule has 4 atom stereocenters. The molecule has 2 aromatic rings. The minimum Gasteiger partial charge on any atom is -0.460 e. The van der Waals surface area contributed by atoms with Gasteiger partial charge in [-0.3, -0.25) is 0 Å². The molecule has 0 bridgehead atoms. The van der Waals surface area contributed by atoms with Gasteiger partial charge in [0.05, 0.1) is 6.61 Å². The van der Waals surface area contributed by atoms with Gasteiger partial charge < -0.3 is 18.9 Å². The summed E-state index contributed by atoms with van der Waals surface area (Å²) in [6.07, 6.45) is 0.941. The zero-order chi connectivity index (χ0) is 22.8. The number of benzene rings is 2. The van der Waals surface area contributed by atoms with Crippen molar-refractivity contribution in [3.05, 3.63) is 83.9 Å². The smallest absolute Gasteiger partial charge is 0.331 e. The van der Waals surface area contributed by atoms with Crippen LogP contribution in [0.25, 0.3) is 12.2 Å². The average molecular weight is 440 g/mol. The second kappa shape index (κ2) is 11.9.